The number of benzene rings is 1. The first-order chi connectivity index (χ1) is 9.69. The summed E-state index contributed by atoms with van der Waals surface area (Å²) in [5, 5.41) is 10.4. The van der Waals surface area contributed by atoms with Crippen molar-refractivity contribution in [2.45, 2.75) is 33.7 Å². The van der Waals surface area contributed by atoms with Crippen LogP contribution in [0.1, 0.15) is 30.8 Å². The normalized spacial score (nSPS) is 12.1. The predicted octanol–water partition coefficient (Wildman–Crippen LogP) is 3.28. The molecular weight excluding hydrogens is 270 g/mol. The summed E-state index contributed by atoms with van der Waals surface area (Å²) in [6, 6.07) is 6.44. The summed E-state index contributed by atoms with van der Waals surface area (Å²) in [4.78, 5) is 0. The molecule has 1 aromatic heterocycles. The average molecular weight is 292 g/mol. The zero-order valence-electron chi connectivity index (χ0n) is 12.3. The molecule has 1 N–H and O–H groups in total. The number of hydrogen-bond acceptors (Lipinski definition) is 3. The lowest BCUT2D eigenvalue weighted by atomic mass is 10.2. The maximum atomic E-state index is 9.32. The van der Waals surface area contributed by atoms with Gasteiger partial charge in [0.15, 0.2) is 6.54 Å². The maximum absolute atomic E-state index is 9.32. The highest BCUT2D eigenvalue weighted by Gasteiger charge is 2.19. The van der Waals surface area contributed by atoms with Crippen molar-refractivity contribution < 1.29 is 14.4 Å². The number of aryl methyl sites for hydroxylation is 1. The lowest BCUT2D eigenvalue weighted by molar-refractivity contribution is -0.670. The van der Waals surface area contributed by atoms with E-state index in [0.29, 0.717) is 13.2 Å². The van der Waals surface area contributed by atoms with Gasteiger partial charge >= 0.3 is 0 Å². The van der Waals surface area contributed by atoms with E-state index in [1.165, 1.54) is 15.8 Å². The average Bonchev–Trinajstić information content (AvgIpc) is 2.76. The van der Waals surface area contributed by atoms with Crippen LogP contribution in [0.15, 0.2) is 24.0 Å². The van der Waals surface area contributed by atoms with E-state index in [2.05, 4.69) is 42.7 Å². The van der Waals surface area contributed by atoms with Crippen molar-refractivity contribution in [1.82, 2.24) is 0 Å². The highest BCUT2D eigenvalue weighted by atomic mass is 32.1. The molecular formula is C16H22NO2S+. The molecule has 108 valence electrons. The van der Waals surface area contributed by atoms with E-state index in [-0.39, 0.29) is 6.61 Å². The largest absolute Gasteiger partial charge is 0.498 e. The predicted molar refractivity (Wildman–Crippen MR) is 83.7 cm³/mol. The Hall–Kier alpha value is -1.39. The van der Waals surface area contributed by atoms with Gasteiger partial charge in [0, 0.05) is 12.5 Å². The Morgan fingerprint density at radius 3 is 2.85 bits per heavy atom. The first kappa shape index (κ1) is 15.0. The molecule has 0 atom stereocenters. The van der Waals surface area contributed by atoms with E-state index in [1.807, 2.05) is 6.92 Å². The molecule has 4 heteroatoms. The quantitative estimate of drug-likeness (QED) is 0.655. The number of ether oxygens (including phenoxy) is 1. The minimum atomic E-state index is 0.140. The van der Waals surface area contributed by atoms with E-state index in [1.54, 1.807) is 11.3 Å². The highest BCUT2D eigenvalue weighted by molar-refractivity contribution is 7.18. The Labute approximate surface area is 124 Å². The number of allylic oxidation sites excluding steroid dienone is 1. The zero-order valence-corrected chi connectivity index (χ0v) is 13.2. The first-order valence-electron chi connectivity index (χ1n) is 7.06. The van der Waals surface area contributed by atoms with Crippen LogP contribution in [0.5, 0.6) is 0 Å². The van der Waals surface area contributed by atoms with E-state index >= 15 is 0 Å². The molecule has 0 amide bonds. The van der Waals surface area contributed by atoms with Gasteiger partial charge in [0.1, 0.15) is 17.1 Å². The van der Waals surface area contributed by atoms with E-state index in [9.17, 15) is 5.11 Å². The topological polar surface area (TPSA) is 33.3 Å². The lowest BCUT2D eigenvalue weighted by Gasteiger charge is -2.04. The number of hydrogen-bond donors (Lipinski definition) is 1. The van der Waals surface area contributed by atoms with Gasteiger partial charge in [0.2, 0.25) is 5.52 Å². The maximum Gasteiger partial charge on any atom is 0.266 e. The molecule has 0 aliphatic carbocycles. The Balaban J connectivity index is 2.53. The molecule has 0 saturated carbocycles. The molecule has 2 aromatic rings. The highest BCUT2D eigenvalue weighted by Crippen LogP contribution is 2.24. The standard InChI is InChI=1S/C16H22NO2S/c1-4-13(19-5-2)11-16-17(8-9-18)14-10-12(3)6-7-15(14)20-16/h6-7,10-11,18H,4-5,8-9H2,1-3H3/q+1. The second-order valence-electron chi connectivity index (χ2n) is 4.68. The summed E-state index contributed by atoms with van der Waals surface area (Å²) in [6.45, 7) is 7.62. The summed E-state index contributed by atoms with van der Waals surface area (Å²) < 4.78 is 9.05. The van der Waals surface area contributed by atoms with E-state index in [4.69, 9.17) is 4.74 Å². The molecule has 0 radical (unpaired) electrons. The number of rotatable bonds is 6. The van der Waals surface area contributed by atoms with Gasteiger partial charge < -0.3 is 9.84 Å². The smallest absolute Gasteiger partial charge is 0.266 e. The summed E-state index contributed by atoms with van der Waals surface area (Å²) >= 11 is 1.74. The van der Waals surface area contributed by atoms with Gasteiger partial charge in [0.25, 0.3) is 5.01 Å². The van der Waals surface area contributed by atoms with Crippen molar-refractivity contribution in [3.8, 4) is 0 Å². The number of nitrogens with zero attached hydrogens (tertiary/aromatic N) is 1. The van der Waals surface area contributed by atoms with Crippen LogP contribution in [0.25, 0.3) is 16.3 Å². The van der Waals surface area contributed by atoms with Crippen LogP contribution in [0.2, 0.25) is 0 Å². The Kier molecular flexibility index (Phi) is 5.15. The second-order valence-corrected chi connectivity index (χ2v) is 5.75. The molecule has 0 bridgehead atoms. The fourth-order valence-corrected chi connectivity index (χ4v) is 3.34. The van der Waals surface area contributed by atoms with Gasteiger partial charge in [-0.15, -0.1) is 0 Å². The van der Waals surface area contributed by atoms with Crippen molar-refractivity contribution in [3.05, 3.63) is 34.5 Å². The lowest BCUT2D eigenvalue weighted by Crippen LogP contribution is -2.36. The van der Waals surface area contributed by atoms with Crippen LogP contribution in [-0.2, 0) is 11.3 Å². The molecule has 2 rings (SSSR count). The summed E-state index contributed by atoms with van der Waals surface area (Å²) in [6.07, 6.45) is 2.97. The third-order valence-corrected chi connectivity index (χ3v) is 4.28. The molecule has 1 aromatic carbocycles. The van der Waals surface area contributed by atoms with Crippen LogP contribution >= 0.6 is 11.3 Å². The molecule has 1 heterocycles. The van der Waals surface area contributed by atoms with Crippen LogP contribution in [-0.4, -0.2) is 18.3 Å². The molecule has 3 nitrogen and oxygen atoms in total. The van der Waals surface area contributed by atoms with Crippen molar-refractivity contribution in [2.75, 3.05) is 13.2 Å². The summed E-state index contributed by atoms with van der Waals surface area (Å²) in [5.74, 6) is 0.988. The fourth-order valence-electron chi connectivity index (χ4n) is 2.22. The molecule has 20 heavy (non-hydrogen) atoms. The molecule has 0 fully saturated rings. The number of aliphatic hydroxyl groups is 1. The third-order valence-electron chi connectivity index (χ3n) is 3.17. The van der Waals surface area contributed by atoms with Gasteiger partial charge in [-0.05, 0) is 25.5 Å². The Morgan fingerprint density at radius 2 is 2.20 bits per heavy atom. The van der Waals surface area contributed by atoms with Crippen molar-refractivity contribution >= 4 is 27.6 Å². The molecule has 0 aliphatic heterocycles. The van der Waals surface area contributed by atoms with Gasteiger partial charge in [-0.1, -0.05) is 24.3 Å². The number of aliphatic hydroxyl groups excluding tert-OH is 1. The molecule has 0 aliphatic rings. The summed E-state index contributed by atoms with van der Waals surface area (Å²) in [7, 11) is 0. The van der Waals surface area contributed by atoms with Crippen LogP contribution < -0.4 is 4.57 Å². The zero-order chi connectivity index (χ0) is 14.5. The molecule has 0 saturated heterocycles. The minimum Gasteiger partial charge on any atom is -0.498 e. The summed E-state index contributed by atoms with van der Waals surface area (Å²) in [5.41, 5.74) is 2.42. The fraction of sp³-hybridized carbons (Fsp3) is 0.438. The molecule has 0 unspecified atom stereocenters. The Morgan fingerprint density at radius 1 is 1.40 bits per heavy atom. The van der Waals surface area contributed by atoms with Crippen LogP contribution in [0.3, 0.4) is 0 Å². The Bertz CT molecular complexity index is 616. The van der Waals surface area contributed by atoms with Crippen molar-refractivity contribution in [1.29, 1.82) is 0 Å². The number of aromatic nitrogens is 1. The third kappa shape index (κ3) is 3.19. The van der Waals surface area contributed by atoms with Crippen molar-refractivity contribution in [2.24, 2.45) is 0 Å². The van der Waals surface area contributed by atoms with E-state index in [0.717, 1.165) is 17.2 Å². The van der Waals surface area contributed by atoms with Crippen LogP contribution in [0.4, 0.5) is 0 Å². The van der Waals surface area contributed by atoms with Gasteiger partial charge in [-0.2, -0.15) is 4.57 Å². The van der Waals surface area contributed by atoms with Gasteiger partial charge in [-0.3, -0.25) is 0 Å². The SMILES string of the molecule is CCOC(=Cc1sc2ccc(C)cc2[n+]1CCO)CC. The number of fused-ring (bicyclic) bond motifs is 1. The minimum absolute atomic E-state index is 0.140. The molecule has 0 spiro atoms. The second kappa shape index (κ2) is 6.86. The first-order valence-corrected chi connectivity index (χ1v) is 7.88. The van der Waals surface area contributed by atoms with Crippen molar-refractivity contribution in [3.63, 3.8) is 0 Å². The van der Waals surface area contributed by atoms with Gasteiger partial charge in [0.05, 0.1) is 12.7 Å². The van der Waals surface area contributed by atoms with Gasteiger partial charge in [-0.25, -0.2) is 0 Å². The van der Waals surface area contributed by atoms with Crippen LogP contribution in [0, 0.1) is 6.92 Å². The number of thiazole rings is 1. The monoisotopic (exact) mass is 292 g/mol. The van der Waals surface area contributed by atoms with E-state index < -0.39 is 0 Å².